The van der Waals surface area contributed by atoms with Crippen LogP contribution in [0.15, 0.2) is 52.5 Å². The number of carbonyl (C=O) groups excluding carboxylic acids is 6. The molecular formula is C24H15EuF9O6S3+3. The third kappa shape index (κ3) is 15.6. The third-order valence-corrected chi connectivity index (χ3v) is 7.03. The maximum Gasteiger partial charge on any atom is 3.00 e. The number of thiophene rings is 3. The summed E-state index contributed by atoms with van der Waals surface area (Å²) in [6, 6.07) is 8.77. The predicted molar refractivity (Wildman–Crippen MR) is 133 cm³/mol. The van der Waals surface area contributed by atoms with Gasteiger partial charge < -0.3 is 0 Å². The minimum absolute atomic E-state index is 0. The van der Waals surface area contributed by atoms with E-state index in [4.69, 9.17) is 0 Å². The molecule has 232 valence electrons. The number of carbonyl (C=O) groups is 6. The molecule has 19 heteroatoms. The normalized spacial score (nSPS) is 11.1. The van der Waals surface area contributed by atoms with Crippen molar-refractivity contribution in [3.63, 3.8) is 0 Å². The van der Waals surface area contributed by atoms with E-state index < -0.39 is 72.5 Å². The fraction of sp³-hybridized carbons (Fsp3) is 0.250. The topological polar surface area (TPSA) is 102 Å². The van der Waals surface area contributed by atoms with Crippen molar-refractivity contribution in [2.75, 3.05) is 0 Å². The molecule has 0 radical (unpaired) electrons. The summed E-state index contributed by atoms with van der Waals surface area (Å²) in [7, 11) is 0. The van der Waals surface area contributed by atoms with Crippen LogP contribution < -0.4 is 0 Å². The van der Waals surface area contributed by atoms with Crippen molar-refractivity contribution in [2.24, 2.45) is 0 Å². The molecule has 43 heavy (non-hydrogen) atoms. The Morgan fingerprint density at radius 1 is 0.465 bits per heavy atom. The molecule has 0 amide bonds. The van der Waals surface area contributed by atoms with Gasteiger partial charge >= 0.3 is 67.9 Å². The molecule has 0 atom stereocenters. The summed E-state index contributed by atoms with van der Waals surface area (Å²) in [5, 5.41) is 4.68. The van der Waals surface area contributed by atoms with Crippen LogP contribution in [0.4, 0.5) is 39.5 Å². The van der Waals surface area contributed by atoms with Gasteiger partial charge in [-0.2, -0.15) is 39.5 Å². The van der Waals surface area contributed by atoms with Gasteiger partial charge in [0.15, 0.2) is 17.3 Å². The van der Waals surface area contributed by atoms with Gasteiger partial charge in [-0.25, -0.2) is 0 Å². The van der Waals surface area contributed by atoms with Gasteiger partial charge in [-0.3, -0.25) is 28.8 Å². The Balaban J connectivity index is 0.000000608. The summed E-state index contributed by atoms with van der Waals surface area (Å²) in [5.74, 6) is -8.38. The Hall–Kier alpha value is -1.93. The maximum absolute atomic E-state index is 11.8. The van der Waals surface area contributed by atoms with Crippen LogP contribution in [0.3, 0.4) is 0 Å². The molecule has 0 saturated carbocycles. The molecule has 0 saturated heterocycles. The minimum Gasteiger partial charge on any atom is -0.293 e. The molecule has 0 aliphatic heterocycles. The van der Waals surface area contributed by atoms with Crippen LogP contribution >= 0.6 is 34.0 Å². The average molecular weight is 819 g/mol. The zero-order valence-corrected chi connectivity index (χ0v) is 25.6. The average Bonchev–Trinajstić information content (AvgIpc) is 3.66. The van der Waals surface area contributed by atoms with Crippen molar-refractivity contribution in [3.8, 4) is 0 Å². The van der Waals surface area contributed by atoms with Gasteiger partial charge in [-0.15, -0.1) is 34.0 Å². The predicted octanol–water partition coefficient (Wildman–Crippen LogP) is 7.36. The van der Waals surface area contributed by atoms with E-state index in [1.807, 2.05) is 0 Å². The number of alkyl halides is 9. The molecule has 3 rings (SSSR count). The van der Waals surface area contributed by atoms with Crippen LogP contribution in [0.5, 0.6) is 0 Å². The van der Waals surface area contributed by atoms with Gasteiger partial charge in [-0.05, 0) is 34.3 Å². The molecule has 3 aromatic rings. The number of ketones is 6. The minimum atomic E-state index is -4.92. The summed E-state index contributed by atoms with van der Waals surface area (Å²) < 4.78 is 106. The molecule has 0 fully saturated rings. The Labute approximate surface area is 288 Å². The molecule has 0 aliphatic rings. The van der Waals surface area contributed by atoms with Crippen molar-refractivity contribution in [3.05, 3.63) is 67.2 Å². The molecular weight excluding hydrogens is 803 g/mol. The standard InChI is InChI=1S/3C8H5F3O2S.Eu/c3*9-8(10,11)7(13)4-5(12)6-2-1-3-14-6;/h3*1-3H,4H2;/q;;;+3. The van der Waals surface area contributed by atoms with Gasteiger partial charge in [0.05, 0.1) is 33.9 Å². The molecule has 0 aliphatic carbocycles. The van der Waals surface area contributed by atoms with Crippen molar-refractivity contribution < 1.29 is 118 Å². The van der Waals surface area contributed by atoms with E-state index in [9.17, 15) is 68.3 Å². The number of hydrogen-bond acceptors (Lipinski definition) is 9. The van der Waals surface area contributed by atoms with E-state index in [1.165, 1.54) is 36.4 Å². The van der Waals surface area contributed by atoms with Crippen LogP contribution in [0, 0.1) is 49.4 Å². The molecule has 0 unspecified atom stereocenters. The molecule has 0 N–H and O–H groups in total. The van der Waals surface area contributed by atoms with Crippen molar-refractivity contribution in [1.29, 1.82) is 0 Å². The summed E-state index contributed by atoms with van der Waals surface area (Å²) in [5.41, 5.74) is 0. The molecule has 0 aromatic carbocycles. The number of Topliss-reactive ketones (excluding diaryl/α,β-unsaturated/α-hetero) is 6. The van der Waals surface area contributed by atoms with Crippen LogP contribution in [-0.4, -0.2) is 53.2 Å². The van der Waals surface area contributed by atoms with Gasteiger partial charge in [0, 0.05) is 0 Å². The van der Waals surface area contributed by atoms with Crippen LogP contribution in [0.2, 0.25) is 0 Å². The van der Waals surface area contributed by atoms with Crippen LogP contribution in [-0.2, 0) is 14.4 Å². The SMILES string of the molecule is O=C(CC(=O)C(F)(F)F)c1cccs1.O=C(CC(=O)C(F)(F)F)c1cccs1.O=C(CC(=O)C(F)(F)F)c1cccs1.[Eu+3]. The van der Waals surface area contributed by atoms with Gasteiger partial charge in [0.2, 0.25) is 17.3 Å². The molecule has 3 aromatic heterocycles. The zero-order valence-electron chi connectivity index (χ0n) is 20.8. The van der Waals surface area contributed by atoms with Gasteiger partial charge in [-0.1, -0.05) is 18.2 Å². The summed E-state index contributed by atoms with van der Waals surface area (Å²) in [6.07, 6.45) is -18.1. The first-order valence-corrected chi connectivity index (χ1v) is 13.4. The second-order valence-electron chi connectivity index (χ2n) is 7.49. The van der Waals surface area contributed by atoms with Crippen LogP contribution in [0.25, 0.3) is 0 Å². The van der Waals surface area contributed by atoms with Crippen molar-refractivity contribution >= 4 is 68.7 Å². The third-order valence-electron chi connectivity index (χ3n) is 4.30. The fourth-order valence-electron chi connectivity index (χ4n) is 2.31. The summed E-state index contributed by atoms with van der Waals surface area (Å²) in [6.45, 7) is 0. The first kappa shape index (κ1) is 41.1. The van der Waals surface area contributed by atoms with Crippen molar-refractivity contribution in [2.45, 2.75) is 37.8 Å². The zero-order chi connectivity index (χ0) is 32.3. The fourth-order valence-corrected chi connectivity index (χ4v) is 4.30. The number of halogens is 9. The van der Waals surface area contributed by atoms with Gasteiger partial charge in [0.1, 0.15) is 0 Å². The molecule has 6 nitrogen and oxygen atoms in total. The Morgan fingerprint density at radius 2 is 0.674 bits per heavy atom. The molecule has 3 heterocycles. The van der Waals surface area contributed by atoms with E-state index in [0.717, 1.165) is 34.0 Å². The Morgan fingerprint density at radius 3 is 0.814 bits per heavy atom. The summed E-state index contributed by atoms with van der Waals surface area (Å²) >= 11 is 3.04. The van der Waals surface area contributed by atoms with Crippen LogP contribution in [0.1, 0.15) is 48.3 Å². The smallest absolute Gasteiger partial charge is 0.293 e. The summed E-state index contributed by atoms with van der Waals surface area (Å²) in [4.78, 5) is 65.0. The number of hydrogen-bond donors (Lipinski definition) is 0. The first-order valence-electron chi connectivity index (χ1n) is 10.7. The van der Waals surface area contributed by atoms with E-state index >= 15 is 0 Å². The first-order chi connectivity index (χ1) is 19.2. The Bertz CT molecular complexity index is 1190. The van der Waals surface area contributed by atoms with E-state index in [0.29, 0.717) is 0 Å². The molecule has 0 spiro atoms. The van der Waals surface area contributed by atoms with E-state index in [1.54, 1.807) is 16.1 Å². The largest absolute Gasteiger partial charge is 3.00 e. The quantitative estimate of drug-likeness (QED) is 0.127. The van der Waals surface area contributed by atoms with E-state index in [2.05, 4.69) is 0 Å². The second-order valence-corrected chi connectivity index (χ2v) is 10.3. The monoisotopic (exact) mass is 819 g/mol. The second kappa shape index (κ2) is 18.1. The maximum atomic E-state index is 11.8. The molecule has 0 bridgehead atoms. The van der Waals surface area contributed by atoms with E-state index in [-0.39, 0.29) is 64.0 Å². The Kier molecular flexibility index (Phi) is 17.3. The van der Waals surface area contributed by atoms with Crippen molar-refractivity contribution in [1.82, 2.24) is 0 Å². The van der Waals surface area contributed by atoms with Gasteiger partial charge in [0.25, 0.3) is 0 Å². The number of rotatable bonds is 9.